The van der Waals surface area contributed by atoms with Gasteiger partial charge in [-0.15, -0.1) is 0 Å². The van der Waals surface area contributed by atoms with Gasteiger partial charge in [0.1, 0.15) is 7.05 Å². The first kappa shape index (κ1) is 13.8. The van der Waals surface area contributed by atoms with E-state index in [2.05, 4.69) is 41.3 Å². The van der Waals surface area contributed by atoms with Crippen LogP contribution in [0.2, 0.25) is 0 Å². The van der Waals surface area contributed by atoms with Crippen LogP contribution in [0.25, 0.3) is 0 Å². The second-order valence-corrected chi connectivity index (χ2v) is 5.15. The Morgan fingerprint density at radius 1 is 1.44 bits per heavy atom. The van der Waals surface area contributed by atoms with E-state index in [4.69, 9.17) is 0 Å². The van der Waals surface area contributed by atoms with Crippen LogP contribution in [0.15, 0.2) is 29.4 Å². The van der Waals surface area contributed by atoms with E-state index < -0.39 is 0 Å². The Morgan fingerprint density at radius 2 is 2.31 bits per heavy atom. The molecule has 1 atom stereocenters. The van der Waals surface area contributed by atoms with Crippen molar-refractivity contribution in [1.29, 1.82) is 0 Å². The molecule has 2 heterocycles. The molecule has 1 unspecified atom stereocenters. The molecule has 0 bridgehead atoms. The normalized spacial score (nSPS) is 20.2. The number of thioether (sulfide) groups is 1. The van der Waals surface area contributed by atoms with Gasteiger partial charge in [0, 0.05) is 23.9 Å². The van der Waals surface area contributed by atoms with Gasteiger partial charge in [-0.25, -0.2) is 0 Å². The monoisotopic (exact) mass is 258 g/mol. The van der Waals surface area contributed by atoms with Crippen molar-refractivity contribution in [3.05, 3.63) is 24.4 Å². The zero-order valence-electron chi connectivity index (χ0n) is 9.66. The number of halogens is 1. The van der Waals surface area contributed by atoms with Crippen LogP contribution in [-0.2, 0) is 7.05 Å². The second kappa shape index (κ2) is 7.15. The van der Waals surface area contributed by atoms with Gasteiger partial charge in [-0.3, -0.25) is 0 Å². The maximum Gasteiger partial charge on any atom is 0.239 e. The number of piperidine rings is 1. The molecule has 16 heavy (non-hydrogen) atoms. The van der Waals surface area contributed by atoms with Crippen molar-refractivity contribution < 1.29 is 17.0 Å². The lowest BCUT2D eigenvalue weighted by Crippen LogP contribution is -3.00. The number of nitrogens with one attached hydrogen (secondary N) is 1. The topological polar surface area (TPSA) is 15.9 Å². The van der Waals surface area contributed by atoms with Crippen LogP contribution in [0, 0.1) is 0 Å². The maximum absolute atomic E-state index is 3.58. The van der Waals surface area contributed by atoms with Gasteiger partial charge in [-0.05, 0) is 25.5 Å². The summed E-state index contributed by atoms with van der Waals surface area (Å²) in [5.74, 6) is 1.19. The van der Waals surface area contributed by atoms with Gasteiger partial charge in [-0.2, -0.15) is 4.57 Å². The van der Waals surface area contributed by atoms with E-state index in [0.717, 1.165) is 0 Å². The Labute approximate surface area is 108 Å². The third-order valence-corrected chi connectivity index (χ3v) is 4.14. The molecule has 1 saturated heterocycles. The highest BCUT2D eigenvalue weighted by Gasteiger charge is 2.14. The average Bonchev–Trinajstić information content (AvgIpc) is 2.29. The fourth-order valence-electron chi connectivity index (χ4n) is 1.91. The third-order valence-electron chi connectivity index (χ3n) is 2.85. The van der Waals surface area contributed by atoms with Gasteiger partial charge >= 0.3 is 0 Å². The molecule has 0 radical (unpaired) electrons. The third kappa shape index (κ3) is 3.96. The van der Waals surface area contributed by atoms with Gasteiger partial charge in [0.15, 0.2) is 6.20 Å². The summed E-state index contributed by atoms with van der Waals surface area (Å²) >= 11 is 1.95. The van der Waals surface area contributed by atoms with E-state index in [0.29, 0.717) is 6.04 Å². The molecule has 1 fully saturated rings. The average molecular weight is 259 g/mol. The lowest BCUT2D eigenvalue weighted by molar-refractivity contribution is -0.708. The Kier molecular flexibility index (Phi) is 6.17. The van der Waals surface area contributed by atoms with Crippen molar-refractivity contribution in [2.45, 2.75) is 30.3 Å². The van der Waals surface area contributed by atoms with Gasteiger partial charge in [0.25, 0.3) is 0 Å². The van der Waals surface area contributed by atoms with Gasteiger partial charge in [0.05, 0.1) is 0 Å². The van der Waals surface area contributed by atoms with Crippen molar-refractivity contribution in [3.63, 3.8) is 0 Å². The van der Waals surface area contributed by atoms with Crippen LogP contribution in [-0.4, -0.2) is 18.3 Å². The molecule has 2 rings (SSSR count). The Hall–Kier alpha value is -0.250. The fourth-order valence-corrected chi connectivity index (χ4v) is 3.01. The van der Waals surface area contributed by atoms with Crippen LogP contribution >= 0.6 is 11.8 Å². The molecule has 90 valence electrons. The molecule has 1 aromatic heterocycles. The van der Waals surface area contributed by atoms with Crippen molar-refractivity contribution in [2.75, 3.05) is 12.3 Å². The molecule has 1 N–H and O–H groups in total. The summed E-state index contributed by atoms with van der Waals surface area (Å²) in [5, 5.41) is 4.93. The molecule has 0 aliphatic carbocycles. The molecule has 0 amide bonds. The van der Waals surface area contributed by atoms with Crippen LogP contribution in [0.5, 0.6) is 0 Å². The van der Waals surface area contributed by atoms with E-state index in [-0.39, 0.29) is 12.4 Å². The summed E-state index contributed by atoms with van der Waals surface area (Å²) in [7, 11) is 2.11. The molecular weight excluding hydrogens is 240 g/mol. The van der Waals surface area contributed by atoms with E-state index in [1.807, 2.05) is 11.8 Å². The number of nitrogens with zero attached hydrogens (tertiary/aromatic N) is 1. The Bertz CT molecular complexity index is 314. The molecule has 0 aromatic carbocycles. The minimum Gasteiger partial charge on any atom is -1.00 e. The zero-order valence-corrected chi connectivity index (χ0v) is 11.2. The summed E-state index contributed by atoms with van der Waals surface area (Å²) in [6.45, 7) is 1.20. The number of hydrogen-bond donors (Lipinski definition) is 1. The summed E-state index contributed by atoms with van der Waals surface area (Å²) in [4.78, 5) is 0. The Balaban J connectivity index is 0.00000128. The molecule has 1 aromatic rings. The molecule has 4 heteroatoms. The number of hydrogen-bond acceptors (Lipinski definition) is 2. The Morgan fingerprint density at radius 3 is 3.00 bits per heavy atom. The highest BCUT2D eigenvalue weighted by atomic mass is 35.5. The number of aryl methyl sites for hydroxylation is 1. The first-order valence-electron chi connectivity index (χ1n) is 5.67. The summed E-state index contributed by atoms with van der Waals surface area (Å²) in [5.41, 5.74) is 0. The molecule has 1 aliphatic rings. The summed E-state index contributed by atoms with van der Waals surface area (Å²) in [6.07, 6.45) is 6.18. The smallest absolute Gasteiger partial charge is 0.239 e. The predicted octanol–water partition coefficient (Wildman–Crippen LogP) is -1.25. The first-order chi connectivity index (χ1) is 7.36. The number of aromatic nitrogens is 1. The minimum absolute atomic E-state index is 0. The quantitative estimate of drug-likeness (QED) is 0.539. The summed E-state index contributed by atoms with van der Waals surface area (Å²) in [6, 6.07) is 7.08. The standard InChI is InChI=1S/C12H19N2S.ClH/c1-14-9-5-3-7-12(14)15-10-11-6-2-4-8-13-11;/h3,5,7,9,11,13H,2,4,6,8,10H2,1H3;1H/q+1;/p-1. The van der Waals surface area contributed by atoms with Crippen LogP contribution < -0.4 is 22.3 Å². The van der Waals surface area contributed by atoms with Gasteiger partial charge in [0.2, 0.25) is 5.03 Å². The van der Waals surface area contributed by atoms with E-state index >= 15 is 0 Å². The highest BCUT2D eigenvalue weighted by molar-refractivity contribution is 7.99. The second-order valence-electron chi connectivity index (χ2n) is 4.11. The van der Waals surface area contributed by atoms with E-state index in [9.17, 15) is 0 Å². The lowest BCUT2D eigenvalue weighted by atomic mass is 10.1. The zero-order chi connectivity index (χ0) is 10.5. The van der Waals surface area contributed by atoms with Crippen molar-refractivity contribution in [3.8, 4) is 0 Å². The van der Waals surface area contributed by atoms with E-state index in [1.54, 1.807) is 0 Å². The summed E-state index contributed by atoms with van der Waals surface area (Å²) < 4.78 is 2.19. The largest absolute Gasteiger partial charge is 1.00 e. The molecular formula is C12H19ClN2S. The number of pyridine rings is 1. The lowest BCUT2D eigenvalue weighted by Gasteiger charge is -2.22. The predicted molar refractivity (Wildman–Crippen MR) is 64.0 cm³/mol. The van der Waals surface area contributed by atoms with Crippen molar-refractivity contribution in [1.82, 2.24) is 5.32 Å². The van der Waals surface area contributed by atoms with Gasteiger partial charge < -0.3 is 17.7 Å². The van der Waals surface area contributed by atoms with Crippen LogP contribution in [0.3, 0.4) is 0 Å². The van der Waals surface area contributed by atoms with Crippen molar-refractivity contribution >= 4 is 11.8 Å². The SMILES string of the molecule is C[n+]1ccccc1SCC1CCCCN1.[Cl-]. The molecule has 0 saturated carbocycles. The minimum atomic E-state index is 0. The molecule has 1 aliphatic heterocycles. The van der Waals surface area contributed by atoms with Gasteiger partial charge in [-0.1, -0.05) is 18.2 Å². The number of rotatable bonds is 3. The maximum atomic E-state index is 3.58. The first-order valence-corrected chi connectivity index (χ1v) is 6.65. The molecule has 2 nitrogen and oxygen atoms in total. The van der Waals surface area contributed by atoms with Crippen LogP contribution in [0.1, 0.15) is 19.3 Å². The van der Waals surface area contributed by atoms with Crippen LogP contribution in [0.4, 0.5) is 0 Å². The highest BCUT2D eigenvalue weighted by Crippen LogP contribution is 2.17. The molecule has 0 spiro atoms. The fraction of sp³-hybridized carbons (Fsp3) is 0.583. The van der Waals surface area contributed by atoms with E-state index in [1.165, 1.54) is 36.6 Å². The van der Waals surface area contributed by atoms with Crippen molar-refractivity contribution in [2.24, 2.45) is 7.05 Å².